The molecule has 1 aromatic rings. The second kappa shape index (κ2) is 6.61. The predicted octanol–water partition coefficient (Wildman–Crippen LogP) is 2.00. The molecule has 4 nitrogen and oxygen atoms in total. The Bertz CT molecular complexity index is 349. The lowest BCUT2D eigenvalue weighted by atomic mass is 10.1. The van der Waals surface area contributed by atoms with Crippen LogP contribution >= 0.6 is 0 Å². The molecule has 1 saturated heterocycles. The molecule has 1 heterocycles. The summed E-state index contributed by atoms with van der Waals surface area (Å²) in [5, 5.41) is 9.77. The standard InChI is InChI=1S/C14H20O4/c1-2-8-17-11-3-5-12(6-4-11)18-14-10-16-9-7-13(14)15/h3-6,13-15H,2,7-10H2,1H3. The van der Waals surface area contributed by atoms with Gasteiger partial charge in [-0.2, -0.15) is 0 Å². The maximum Gasteiger partial charge on any atom is 0.148 e. The van der Waals surface area contributed by atoms with E-state index in [0.717, 1.165) is 24.5 Å². The summed E-state index contributed by atoms with van der Waals surface area (Å²) in [7, 11) is 0. The third-order valence-corrected chi connectivity index (χ3v) is 2.85. The Kier molecular flexibility index (Phi) is 4.84. The van der Waals surface area contributed by atoms with Gasteiger partial charge < -0.3 is 19.3 Å². The molecule has 100 valence electrons. The normalized spacial score (nSPS) is 23.7. The number of ether oxygens (including phenoxy) is 3. The van der Waals surface area contributed by atoms with Crippen LogP contribution in [-0.2, 0) is 4.74 Å². The molecule has 1 fully saturated rings. The molecule has 1 aliphatic heterocycles. The van der Waals surface area contributed by atoms with Crippen molar-refractivity contribution in [3.8, 4) is 11.5 Å². The van der Waals surface area contributed by atoms with Crippen molar-refractivity contribution >= 4 is 0 Å². The van der Waals surface area contributed by atoms with Crippen molar-refractivity contribution in [2.45, 2.75) is 32.0 Å². The summed E-state index contributed by atoms with van der Waals surface area (Å²) in [6.07, 6.45) is 0.891. The van der Waals surface area contributed by atoms with Gasteiger partial charge in [0.1, 0.15) is 17.6 Å². The predicted molar refractivity (Wildman–Crippen MR) is 68.1 cm³/mol. The van der Waals surface area contributed by atoms with E-state index >= 15 is 0 Å². The highest BCUT2D eigenvalue weighted by Gasteiger charge is 2.25. The SMILES string of the molecule is CCCOc1ccc(OC2COCCC2O)cc1. The van der Waals surface area contributed by atoms with Gasteiger partial charge in [-0.15, -0.1) is 0 Å². The number of hydrogen-bond acceptors (Lipinski definition) is 4. The van der Waals surface area contributed by atoms with Crippen molar-refractivity contribution in [3.05, 3.63) is 24.3 Å². The Morgan fingerprint density at radius 3 is 2.67 bits per heavy atom. The van der Waals surface area contributed by atoms with E-state index in [0.29, 0.717) is 19.6 Å². The fourth-order valence-corrected chi connectivity index (χ4v) is 1.82. The van der Waals surface area contributed by atoms with Crippen LogP contribution in [0.5, 0.6) is 11.5 Å². The number of benzene rings is 1. The Morgan fingerprint density at radius 2 is 2.00 bits per heavy atom. The van der Waals surface area contributed by atoms with Crippen molar-refractivity contribution < 1.29 is 19.3 Å². The zero-order valence-corrected chi connectivity index (χ0v) is 10.7. The van der Waals surface area contributed by atoms with E-state index in [-0.39, 0.29) is 6.10 Å². The second-order valence-corrected chi connectivity index (χ2v) is 4.41. The maximum atomic E-state index is 9.77. The number of aliphatic hydroxyl groups excluding tert-OH is 1. The Balaban J connectivity index is 1.89. The fraction of sp³-hybridized carbons (Fsp3) is 0.571. The van der Waals surface area contributed by atoms with E-state index in [2.05, 4.69) is 6.92 Å². The summed E-state index contributed by atoms with van der Waals surface area (Å²) in [6, 6.07) is 7.46. The fourth-order valence-electron chi connectivity index (χ4n) is 1.82. The number of hydrogen-bond donors (Lipinski definition) is 1. The van der Waals surface area contributed by atoms with Gasteiger partial charge in [-0.1, -0.05) is 6.92 Å². The van der Waals surface area contributed by atoms with E-state index in [1.807, 2.05) is 24.3 Å². The van der Waals surface area contributed by atoms with Gasteiger partial charge in [0.2, 0.25) is 0 Å². The van der Waals surface area contributed by atoms with E-state index in [9.17, 15) is 5.11 Å². The summed E-state index contributed by atoms with van der Waals surface area (Å²) in [4.78, 5) is 0. The second-order valence-electron chi connectivity index (χ2n) is 4.41. The third kappa shape index (κ3) is 3.62. The van der Waals surface area contributed by atoms with Gasteiger partial charge in [-0.25, -0.2) is 0 Å². The average molecular weight is 252 g/mol. The highest BCUT2D eigenvalue weighted by Crippen LogP contribution is 2.21. The molecular weight excluding hydrogens is 232 g/mol. The van der Waals surface area contributed by atoms with Crippen LogP contribution in [0.15, 0.2) is 24.3 Å². The van der Waals surface area contributed by atoms with Crippen LogP contribution in [0.3, 0.4) is 0 Å². The van der Waals surface area contributed by atoms with Crippen molar-refractivity contribution in [1.82, 2.24) is 0 Å². The van der Waals surface area contributed by atoms with Crippen LogP contribution in [0, 0.1) is 0 Å². The average Bonchev–Trinajstić information content (AvgIpc) is 2.41. The van der Waals surface area contributed by atoms with Crippen LogP contribution in [-0.4, -0.2) is 37.1 Å². The molecule has 0 bridgehead atoms. The molecule has 1 aliphatic rings. The maximum absolute atomic E-state index is 9.77. The molecule has 2 unspecified atom stereocenters. The molecule has 0 saturated carbocycles. The summed E-state index contributed by atoms with van der Waals surface area (Å²) >= 11 is 0. The lowest BCUT2D eigenvalue weighted by Crippen LogP contribution is -2.40. The first kappa shape index (κ1) is 13.2. The minimum atomic E-state index is -0.449. The molecule has 0 spiro atoms. The van der Waals surface area contributed by atoms with E-state index in [1.54, 1.807) is 0 Å². The third-order valence-electron chi connectivity index (χ3n) is 2.85. The highest BCUT2D eigenvalue weighted by molar-refractivity contribution is 5.31. The summed E-state index contributed by atoms with van der Waals surface area (Å²) in [6.45, 7) is 3.83. The first-order valence-corrected chi connectivity index (χ1v) is 6.45. The lowest BCUT2D eigenvalue weighted by Gasteiger charge is -2.28. The minimum Gasteiger partial charge on any atom is -0.494 e. The molecule has 18 heavy (non-hydrogen) atoms. The smallest absolute Gasteiger partial charge is 0.148 e. The first-order chi connectivity index (χ1) is 8.79. The largest absolute Gasteiger partial charge is 0.494 e. The van der Waals surface area contributed by atoms with E-state index in [1.165, 1.54) is 0 Å². The first-order valence-electron chi connectivity index (χ1n) is 6.45. The highest BCUT2D eigenvalue weighted by atomic mass is 16.5. The zero-order chi connectivity index (χ0) is 12.8. The van der Waals surface area contributed by atoms with Gasteiger partial charge in [-0.3, -0.25) is 0 Å². The Morgan fingerprint density at radius 1 is 1.28 bits per heavy atom. The van der Waals surface area contributed by atoms with Crippen molar-refractivity contribution in [2.24, 2.45) is 0 Å². The summed E-state index contributed by atoms with van der Waals surface area (Å²) < 4.78 is 16.5. The molecule has 0 aliphatic carbocycles. The van der Waals surface area contributed by atoms with Crippen LogP contribution in [0.2, 0.25) is 0 Å². The van der Waals surface area contributed by atoms with Crippen LogP contribution < -0.4 is 9.47 Å². The van der Waals surface area contributed by atoms with Crippen molar-refractivity contribution in [3.63, 3.8) is 0 Å². The van der Waals surface area contributed by atoms with Gasteiger partial charge in [0, 0.05) is 13.0 Å². The number of aliphatic hydroxyl groups is 1. The molecule has 2 rings (SSSR count). The molecule has 0 aromatic heterocycles. The van der Waals surface area contributed by atoms with Gasteiger partial charge in [0.15, 0.2) is 0 Å². The van der Waals surface area contributed by atoms with Crippen LogP contribution in [0.1, 0.15) is 19.8 Å². The minimum absolute atomic E-state index is 0.277. The van der Waals surface area contributed by atoms with Gasteiger partial charge in [-0.05, 0) is 30.7 Å². The topological polar surface area (TPSA) is 47.9 Å². The number of rotatable bonds is 5. The Labute approximate surface area is 107 Å². The molecule has 0 amide bonds. The summed E-state index contributed by atoms with van der Waals surface area (Å²) in [5.41, 5.74) is 0. The molecule has 1 N–H and O–H groups in total. The van der Waals surface area contributed by atoms with Gasteiger partial charge in [0.05, 0.1) is 19.3 Å². The lowest BCUT2D eigenvalue weighted by molar-refractivity contribution is -0.0735. The van der Waals surface area contributed by atoms with Gasteiger partial charge >= 0.3 is 0 Å². The zero-order valence-electron chi connectivity index (χ0n) is 10.7. The van der Waals surface area contributed by atoms with E-state index in [4.69, 9.17) is 14.2 Å². The molecule has 4 heteroatoms. The molecule has 0 radical (unpaired) electrons. The monoisotopic (exact) mass is 252 g/mol. The quantitative estimate of drug-likeness (QED) is 0.870. The molecule has 2 atom stereocenters. The van der Waals surface area contributed by atoms with Crippen molar-refractivity contribution in [2.75, 3.05) is 19.8 Å². The molecular formula is C14H20O4. The van der Waals surface area contributed by atoms with Crippen molar-refractivity contribution in [1.29, 1.82) is 0 Å². The van der Waals surface area contributed by atoms with E-state index < -0.39 is 6.10 Å². The van der Waals surface area contributed by atoms with Gasteiger partial charge in [0.25, 0.3) is 0 Å². The molecule has 1 aromatic carbocycles. The van der Waals surface area contributed by atoms with Crippen LogP contribution in [0.4, 0.5) is 0 Å². The summed E-state index contributed by atoms with van der Waals surface area (Å²) in [5.74, 6) is 1.57. The Hall–Kier alpha value is -1.26. The van der Waals surface area contributed by atoms with Crippen LogP contribution in [0.25, 0.3) is 0 Å².